The second-order valence-corrected chi connectivity index (χ2v) is 6.41. The molecule has 0 saturated heterocycles. The Labute approximate surface area is 143 Å². The molecule has 0 aliphatic carbocycles. The lowest BCUT2D eigenvalue weighted by molar-refractivity contribution is -1.23. The molecule has 0 aromatic heterocycles. The van der Waals surface area contributed by atoms with Crippen LogP contribution in [-0.4, -0.2) is 28.8 Å². The van der Waals surface area contributed by atoms with E-state index < -0.39 is 4.81 Å². The van der Waals surface area contributed by atoms with E-state index in [1.807, 2.05) is 0 Å². The fraction of sp³-hybridized carbons (Fsp3) is 1.00. The predicted octanol–water partition coefficient (Wildman–Crippen LogP) is 2.70. The Hall–Kier alpha value is 0.360. The van der Waals surface area contributed by atoms with E-state index in [0.717, 1.165) is 12.8 Å². The highest BCUT2D eigenvalue weighted by atomic mass is 79.9. The van der Waals surface area contributed by atoms with Crippen LogP contribution < -0.4 is 17.0 Å². The maximum absolute atomic E-state index is 9.10. The van der Waals surface area contributed by atoms with Gasteiger partial charge in [-0.15, -0.1) is 0 Å². The Balaban J connectivity index is 0. The van der Waals surface area contributed by atoms with E-state index in [1.54, 1.807) is 0 Å². The largest absolute Gasteiger partial charge is 1.00 e. The standard InChI is InChI=1S/C17H38NO2.BrH/c1-3-4-5-6-7-8-9-10-11-12-13-14-15-16-17-18(2,19)20;/h19-20H,3-17H2,1-2H3;1H/q+1;/p-1. The summed E-state index contributed by atoms with van der Waals surface area (Å²) >= 11 is 0. The first-order valence-corrected chi connectivity index (χ1v) is 8.87. The van der Waals surface area contributed by atoms with Crippen molar-refractivity contribution in [2.75, 3.05) is 13.6 Å². The van der Waals surface area contributed by atoms with Crippen LogP contribution in [0.15, 0.2) is 0 Å². The van der Waals surface area contributed by atoms with Crippen LogP contribution in [0, 0.1) is 0 Å². The van der Waals surface area contributed by atoms with Crippen LogP contribution in [-0.2, 0) is 0 Å². The van der Waals surface area contributed by atoms with Gasteiger partial charge < -0.3 is 17.0 Å². The lowest BCUT2D eigenvalue weighted by atomic mass is 10.0. The zero-order chi connectivity index (χ0) is 15.1. The Morgan fingerprint density at radius 3 is 1.14 bits per heavy atom. The molecule has 21 heavy (non-hydrogen) atoms. The van der Waals surface area contributed by atoms with E-state index in [-0.39, 0.29) is 17.0 Å². The number of quaternary nitrogens is 1. The Bertz CT molecular complexity index is 196. The molecule has 0 aliphatic rings. The van der Waals surface area contributed by atoms with Crippen molar-refractivity contribution in [3.63, 3.8) is 0 Å². The van der Waals surface area contributed by atoms with Crippen LogP contribution in [0.3, 0.4) is 0 Å². The quantitative estimate of drug-likeness (QED) is 0.265. The van der Waals surface area contributed by atoms with Gasteiger partial charge in [0, 0.05) is 6.42 Å². The summed E-state index contributed by atoms with van der Waals surface area (Å²) in [6.07, 6.45) is 18.6. The highest BCUT2D eigenvalue weighted by molar-refractivity contribution is 4.49. The van der Waals surface area contributed by atoms with Gasteiger partial charge in [-0.25, -0.2) is 0 Å². The molecular weight excluding hydrogens is 330 g/mol. The molecule has 0 atom stereocenters. The zero-order valence-corrected chi connectivity index (χ0v) is 15.9. The van der Waals surface area contributed by atoms with Crippen molar-refractivity contribution in [1.29, 1.82) is 0 Å². The second-order valence-electron chi connectivity index (χ2n) is 6.41. The molecule has 130 valence electrons. The topological polar surface area (TPSA) is 40.5 Å². The van der Waals surface area contributed by atoms with E-state index in [0.29, 0.717) is 6.54 Å². The minimum Gasteiger partial charge on any atom is -1.00 e. The third kappa shape index (κ3) is 22.8. The van der Waals surface area contributed by atoms with Gasteiger partial charge in [0.25, 0.3) is 0 Å². The van der Waals surface area contributed by atoms with E-state index >= 15 is 0 Å². The highest BCUT2D eigenvalue weighted by Crippen LogP contribution is 2.13. The first-order chi connectivity index (χ1) is 9.56. The number of halogens is 1. The number of nitrogens with zero attached hydrogens (tertiary/aromatic N) is 1. The van der Waals surface area contributed by atoms with Gasteiger partial charge >= 0.3 is 0 Å². The van der Waals surface area contributed by atoms with Crippen LogP contribution in [0.5, 0.6) is 0 Å². The Kier molecular flexibility index (Phi) is 18.8. The molecule has 0 amide bonds. The number of hydroxylamine groups is 4. The lowest BCUT2D eigenvalue weighted by Crippen LogP contribution is -3.00. The SMILES string of the molecule is CCCCCCCCCCCCCCCC[N+](C)(O)O.[Br-]. The molecule has 3 nitrogen and oxygen atoms in total. The van der Waals surface area contributed by atoms with Gasteiger partial charge in [-0.05, 0) is 6.42 Å². The summed E-state index contributed by atoms with van der Waals surface area (Å²) in [5, 5.41) is 18.2. The molecule has 0 unspecified atom stereocenters. The third-order valence-electron chi connectivity index (χ3n) is 3.94. The molecule has 0 fully saturated rings. The van der Waals surface area contributed by atoms with Gasteiger partial charge in [-0.2, -0.15) is 10.4 Å². The summed E-state index contributed by atoms with van der Waals surface area (Å²) in [4.78, 5) is -0.877. The molecule has 0 bridgehead atoms. The van der Waals surface area contributed by atoms with Crippen molar-refractivity contribution < 1.29 is 32.2 Å². The molecular formula is C17H38BrNO2. The first-order valence-electron chi connectivity index (χ1n) is 8.87. The van der Waals surface area contributed by atoms with Crippen molar-refractivity contribution in [2.24, 2.45) is 0 Å². The normalized spacial score (nSPS) is 11.4. The minimum atomic E-state index is -0.877. The number of unbranched alkanes of at least 4 members (excludes halogenated alkanes) is 13. The van der Waals surface area contributed by atoms with Gasteiger partial charge in [-0.1, -0.05) is 88.8 Å². The summed E-state index contributed by atoms with van der Waals surface area (Å²) in [7, 11) is 1.41. The van der Waals surface area contributed by atoms with E-state index in [4.69, 9.17) is 10.4 Å². The first kappa shape index (κ1) is 23.6. The second kappa shape index (κ2) is 16.7. The molecule has 0 aliphatic heterocycles. The van der Waals surface area contributed by atoms with Crippen molar-refractivity contribution in [2.45, 2.75) is 96.8 Å². The number of rotatable bonds is 15. The number of hydrogen-bond acceptors (Lipinski definition) is 2. The average molecular weight is 368 g/mol. The third-order valence-corrected chi connectivity index (χ3v) is 3.94. The van der Waals surface area contributed by atoms with Gasteiger partial charge in [0.1, 0.15) is 13.6 Å². The summed E-state index contributed by atoms with van der Waals surface area (Å²) < 4.78 is 0. The zero-order valence-electron chi connectivity index (χ0n) is 14.3. The Morgan fingerprint density at radius 1 is 0.571 bits per heavy atom. The molecule has 0 aromatic rings. The maximum Gasteiger partial charge on any atom is 0.141 e. The molecule has 4 heteroatoms. The Morgan fingerprint density at radius 2 is 0.857 bits per heavy atom. The molecule has 0 spiro atoms. The summed E-state index contributed by atoms with van der Waals surface area (Å²) in [5.41, 5.74) is 0. The van der Waals surface area contributed by atoms with Crippen molar-refractivity contribution in [3.05, 3.63) is 0 Å². The molecule has 0 heterocycles. The molecule has 0 rings (SSSR count). The van der Waals surface area contributed by atoms with Crippen LogP contribution >= 0.6 is 0 Å². The molecule has 0 saturated carbocycles. The van der Waals surface area contributed by atoms with Crippen LogP contribution in [0.4, 0.5) is 0 Å². The molecule has 0 radical (unpaired) electrons. The predicted molar refractivity (Wildman–Crippen MR) is 84.9 cm³/mol. The van der Waals surface area contributed by atoms with Gasteiger partial charge in [0.05, 0.1) is 0 Å². The summed E-state index contributed by atoms with van der Waals surface area (Å²) in [6, 6.07) is 0. The van der Waals surface area contributed by atoms with E-state index in [1.165, 1.54) is 84.1 Å². The fourth-order valence-electron chi connectivity index (χ4n) is 2.61. The summed E-state index contributed by atoms with van der Waals surface area (Å²) in [5.74, 6) is 0. The van der Waals surface area contributed by atoms with Crippen molar-refractivity contribution >= 4 is 0 Å². The van der Waals surface area contributed by atoms with Crippen LogP contribution in [0.2, 0.25) is 0 Å². The number of hydrogen-bond donors (Lipinski definition) is 2. The molecule has 0 aromatic carbocycles. The van der Waals surface area contributed by atoms with E-state index in [9.17, 15) is 0 Å². The van der Waals surface area contributed by atoms with Crippen LogP contribution in [0.1, 0.15) is 96.8 Å². The maximum atomic E-state index is 9.10. The lowest BCUT2D eigenvalue weighted by Gasteiger charge is -2.14. The van der Waals surface area contributed by atoms with Crippen molar-refractivity contribution in [3.8, 4) is 0 Å². The average Bonchev–Trinajstić information content (AvgIpc) is 2.38. The van der Waals surface area contributed by atoms with Gasteiger partial charge in [-0.3, -0.25) is 0 Å². The highest BCUT2D eigenvalue weighted by Gasteiger charge is 2.12. The summed E-state index contributed by atoms with van der Waals surface area (Å²) in [6.45, 7) is 2.71. The van der Waals surface area contributed by atoms with Crippen molar-refractivity contribution in [1.82, 2.24) is 0 Å². The fourth-order valence-corrected chi connectivity index (χ4v) is 2.61. The monoisotopic (exact) mass is 367 g/mol. The minimum absolute atomic E-state index is 0. The van der Waals surface area contributed by atoms with E-state index in [2.05, 4.69) is 6.92 Å². The van der Waals surface area contributed by atoms with Crippen LogP contribution in [0.25, 0.3) is 0 Å². The van der Waals surface area contributed by atoms with Gasteiger partial charge in [0.2, 0.25) is 0 Å². The molecule has 2 N–H and O–H groups in total. The smallest absolute Gasteiger partial charge is 0.141 e. The van der Waals surface area contributed by atoms with Gasteiger partial charge in [0.15, 0.2) is 0 Å².